The van der Waals surface area contributed by atoms with Crippen LogP contribution in [0.2, 0.25) is 0 Å². The molecule has 0 aromatic rings. The Bertz CT molecular complexity index is 199. The SMILES string of the molecule is CCC(C)(N)C(=O)O[C@@H](C)CC=N.Cl.Cl. The largest absolute Gasteiger partial charge is 0.461 e. The minimum atomic E-state index is -0.906. The maximum atomic E-state index is 11.4. The monoisotopic (exact) mass is 258 g/mol. The van der Waals surface area contributed by atoms with Crippen LogP contribution in [0.3, 0.4) is 0 Å². The van der Waals surface area contributed by atoms with Crippen molar-refractivity contribution >= 4 is 37.0 Å². The minimum Gasteiger partial charge on any atom is -0.461 e. The van der Waals surface area contributed by atoms with Gasteiger partial charge in [-0.25, -0.2) is 0 Å². The molecule has 0 saturated carbocycles. The van der Waals surface area contributed by atoms with Gasteiger partial charge in [0.15, 0.2) is 0 Å². The van der Waals surface area contributed by atoms with Gasteiger partial charge >= 0.3 is 5.97 Å². The molecule has 0 amide bonds. The summed E-state index contributed by atoms with van der Waals surface area (Å²) in [4.78, 5) is 11.4. The van der Waals surface area contributed by atoms with Gasteiger partial charge in [0.1, 0.15) is 11.6 Å². The lowest BCUT2D eigenvalue weighted by Gasteiger charge is -2.22. The smallest absolute Gasteiger partial charge is 0.326 e. The molecular weight excluding hydrogens is 239 g/mol. The number of halogens is 2. The Hall–Kier alpha value is -0.320. The molecule has 0 aromatic heterocycles. The van der Waals surface area contributed by atoms with E-state index in [1.54, 1.807) is 13.8 Å². The molecule has 15 heavy (non-hydrogen) atoms. The lowest BCUT2D eigenvalue weighted by molar-refractivity contribution is -0.153. The predicted octanol–water partition coefficient (Wildman–Crippen LogP) is 1.93. The third kappa shape index (κ3) is 7.59. The highest BCUT2D eigenvalue weighted by atomic mass is 35.5. The molecule has 0 saturated heterocycles. The second-order valence-corrected chi connectivity index (χ2v) is 3.43. The number of esters is 1. The standard InChI is InChI=1S/C9H18N2O2.2ClH/c1-4-9(3,11)8(12)13-7(2)5-6-10;;/h6-7,10H,4-5,11H2,1-3H3;2*1H/t7-,9?;;/m0../s1. The fourth-order valence-electron chi connectivity index (χ4n) is 0.676. The molecule has 0 aromatic carbocycles. The second kappa shape index (κ2) is 8.95. The van der Waals surface area contributed by atoms with Gasteiger partial charge in [-0.1, -0.05) is 6.92 Å². The number of hydrogen-bond acceptors (Lipinski definition) is 4. The summed E-state index contributed by atoms with van der Waals surface area (Å²) in [6.45, 7) is 5.23. The van der Waals surface area contributed by atoms with Crippen molar-refractivity contribution < 1.29 is 9.53 Å². The topological polar surface area (TPSA) is 76.2 Å². The van der Waals surface area contributed by atoms with E-state index in [0.717, 1.165) is 0 Å². The second-order valence-electron chi connectivity index (χ2n) is 3.43. The zero-order valence-corrected chi connectivity index (χ0v) is 10.9. The summed E-state index contributed by atoms with van der Waals surface area (Å²) < 4.78 is 5.03. The van der Waals surface area contributed by atoms with Crippen molar-refractivity contribution in [2.24, 2.45) is 5.73 Å². The van der Waals surface area contributed by atoms with Crippen LogP contribution in [-0.2, 0) is 9.53 Å². The van der Waals surface area contributed by atoms with Crippen LogP contribution in [0, 0.1) is 5.41 Å². The van der Waals surface area contributed by atoms with Crippen molar-refractivity contribution in [3.63, 3.8) is 0 Å². The van der Waals surface area contributed by atoms with Gasteiger partial charge in [0.25, 0.3) is 0 Å². The van der Waals surface area contributed by atoms with E-state index < -0.39 is 11.5 Å². The number of carbonyl (C=O) groups excluding carboxylic acids is 1. The summed E-state index contributed by atoms with van der Waals surface area (Å²) in [7, 11) is 0. The van der Waals surface area contributed by atoms with Crippen molar-refractivity contribution in [2.75, 3.05) is 0 Å². The van der Waals surface area contributed by atoms with Gasteiger partial charge < -0.3 is 15.9 Å². The van der Waals surface area contributed by atoms with Crippen LogP contribution in [0.4, 0.5) is 0 Å². The Kier molecular flexibility index (Phi) is 12.0. The molecule has 6 heteroatoms. The summed E-state index contributed by atoms with van der Waals surface area (Å²) >= 11 is 0. The van der Waals surface area contributed by atoms with Crippen LogP contribution in [-0.4, -0.2) is 23.8 Å². The molecule has 0 aliphatic carbocycles. The number of ether oxygens (including phenoxy) is 1. The molecule has 0 fully saturated rings. The highest BCUT2D eigenvalue weighted by Crippen LogP contribution is 2.09. The number of carbonyl (C=O) groups is 1. The third-order valence-corrected chi connectivity index (χ3v) is 1.96. The molecule has 1 unspecified atom stereocenters. The van der Waals surface area contributed by atoms with E-state index in [-0.39, 0.29) is 30.9 Å². The van der Waals surface area contributed by atoms with Gasteiger partial charge in [-0.05, 0) is 26.5 Å². The van der Waals surface area contributed by atoms with Gasteiger partial charge in [0.05, 0.1) is 0 Å². The van der Waals surface area contributed by atoms with E-state index in [2.05, 4.69) is 0 Å². The maximum absolute atomic E-state index is 11.4. The van der Waals surface area contributed by atoms with Gasteiger partial charge in [-0.2, -0.15) is 0 Å². The lowest BCUT2D eigenvalue weighted by atomic mass is 10.0. The Balaban J connectivity index is -0.000000720. The van der Waals surface area contributed by atoms with E-state index in [1.807, 2.05) is 6.92 Å². The maximum Gasteiger partial charge on any atom is 0.326 e. The Morgan fingerprint density at radius 2 is 2.07 bits per heavy atom. The summed E-state index contributed by atoms with van der Waals surface area (Å²) in [6.07, 6.45) is 1.94. The fourth-order valence-corrected chi connectivity index (χ4v) is 0.676. The van der Waals surface area contributed by atoms with Crippen molar-refractivity contribution in [3.05, 3.63) is 0 Å². The van der Waals surface area contributed by atoms with Gasteiger partial charge in [0.2, 0.25) is 0 Å². The van der Waals surface area contributed by atoms with E-state index in [4.69, 9.17) is 15.9 Å². The van der Waals surface area contributed by atoms with Gasteiger partial charge in [0, 0.05) is 6.42 Å². The first-order chi connectivity index (χ1) is 5.94. The first-order valence-corrected chi connectivity index (χ1v) is 4.43. The molecule has 92 valence electrons. The van der Waals surface area contributed by atoms with Crippen LogP contribution >= 0.6 is 24.8 Å². The van der Waals surface area contributed by atoms with E-state index >= 15 is 0 Å². The van der Waals surface area contributed by atoms with Gasteiger partial charge in [-0.3, -0.25) is 4.79 Å². The highest BCUT2D eigenvalue weighted by molar-refractivity contribution is 5.85. The molecule has 0 heterocycles. The number of rotatable bonds is 5. The van der Waals surface area contributed by atoms with Crippen LogP contribution < -0.4 is 5.73 Å². The average Bonchev–Trinajstić information content (AvgIpc) is 2.04. The zero-order chi connectivity index (χ0) is 10.5. The zero-order valence-electron chi connectivity index (χ0n) is 9.28. The number of nitrogens with two attached hydrogens (primary N) is 1. The molecule has 3 N–H and O–H groups in total. The molecule has 0 bridgehead atoms. The Labute approximate surface area is 103 Å². The fraction of sp³-hybridized carbons (Fsp3) is 0.778. The van der Waals surface area contributed by atoms with Crippen molar-refractivity contribution in [1.82, 2.24) is 0 Å². The van der Waals surface area contributed by atoms with Crippen LogP contribution in [0.1, 0.15) is 33.6 Å². The lowest BCUT2D eigenvalue weighted by Crippen LogP contribution is -2.46. The van der Waals surface area contributed by atoms with Crippen LogP contribution in [0.5, 0.6) is 0 Å². The van der Waals surface area contributed by atoms with E-state index in [1.165, 1.54) is 6.21 Å². The molecule has 4 nitrogen and oxygen atoms in total. The number of nitrogens with one attached hydrogen (secondary N) is 1. The van der Waals surface area contributed by atoms with Crippen molar-refractivity contribution in [3.8, 4) is 0 Å². The normalized spacial score (nSPS) is 14.9. The first kappa shape index (κ1) is 20.1. The minimum absolute atomic E-state index is 0. The molecule has 0 spiro atoms. The predicted molar refractivity (Wildman–Crippen MR) is 66.3 cm³/mol. The van der Waals surface area contributed by atoms with Crippen molar-refractivity contribution in [1.29, 1.82) is 5.41 Å². The summed E-state index contributed by atoms with van der Waals surface area (Å²) in [6, 6.07) is 0. The summed E-state index contributed by atoms with van der Waals surface area (Å²) in [5, 5.41) is 6.83. The van der Waals surface area contributed by atoms with Crippen LogP contribution in [0.15, 0.2) is 0 Å². The molecule has 0 rings (SSSR count). The molecule has 0 radical (unpaired) electrons. The van der Waals surface area contributed by atoms with E-state index in [0.29, 0.717) is 12.8 Å². The van der Waals surface area contributed by atoms with Crippen LogP contribution in [0.25, 0.3) is 0 Å². The van der Waals surface area contributed by atoms with E-state index in [9.17, 15) is 4.79 Å². The first-order valence-electron chi connectivity index (χ1n) is 4.43. The Morgan fingerprint density at radius 1 is 1.60 bits per heavy atom. The third-order valence-electron chi connectivity index (χ3n) is 1.96. The molecular formula is C9H20Cl2N2O2. The quantitative estimate of drug-likeness (QED) is 0.585. The molecule has 0 aliphatic rings. The average molecular weight is 259 g/mol. The highest BCUT2D eigenvalue weighted by Gasteiger charge is 2.28. The summed E-state index contributed by atoms with van der Waals surface area (Å²) in [5.41, 5.74) is 4.77. The summed E-state index contributed by atoms with van der Waals surface area (Å²) in [5.74, 6) is -0.399. The molecule has 0 aliphatic heterocycles. The van der Waals surface area contributed by atoms with Gasteiger partial charge in [-0.15, -0.1) is 24.8 Å². The van der Waals surface area contributed by atoms with Crippen molar-refractivity contribution in [2.45, 2.75) is 45.3 Å². The number of hydrogen-bond donors (Lipinski definition) is 2. The Morgan fingerprint density at radius 3 is 2.40 bits per heavy atom. The molecule has 2 atom stereocenters.